The van der Waals surface area contributed by atoms with E-state index >= 15 is 0 Å². The minimum atomic E-state index is -0.301. The number of pyridine rings is 2. The van der Waals surface area contributed by atoms with Crippen LogP contribution in [0, 0.1) is 11.8 Å². The zero-order valence-corrected chi connectivity index (χ0v) is 11.9. The van der Waals surface area contributed by atoms with E-state index in [0.717, 1.165) is 5.56 Å². The van der Waals surface area contributed by atoms with E-state index in [4.69, 9.17) is 10.3 Å². The third-order valence-corrected chi connectivity index (χ3v) is 2.82. The summed E-state index contributed by atoms with van der Waals surface area (Å²) in [6.07, 6.45) is 3.37. The van der Waals surface area contributed by atoms with Gasteiger partial charge in [0.1, 0.15) is 11.4 Å². The van der Waals surface area contributed by atoms with Crippen molar-refractivity contribution in [2.45, 2.75) is 13.0 Å². The normalized spacial score (nSPS) is 11.5. The summed E-state index contributed by atoms with van der Waals surface area (Å²) in [6.45, 7) is 1.78. The topological polar surface area (TPSA) is 90.7 Å². The monoisotopic (exact) mass is 291 g/mol. The predicted octanol–water partition coefficient (Wildman–Crippen LogP) is 1.95. The highest BCUT2D eigenvalue weighted by molar-refractivity contribution is 5.50. The van der Waals surface area contributed by atoms with Gasteiger partial charge in [0.2, 0.25) is 11.7 Å². The van der Waals surface area contributed by atoms with Crippen molar-refractivity contribution >= 4 is 0 Å². The van der Waals surface area contributed by atoms with Crippen molar-refractivity contribution in [2.75, 3.05) is 0 Å². The largest absolute Gasteiger partial charge is 0.337 e. The minimum Gasteiger partial charge on any atom is -0.337 e. The van der Waals surface area contributed by atoms with Gasteiger partial charge in [0.15, 0.2) is 0 Å². The van der Waals surface area contributed by atoms with E-state index in [1.807, 2.05) is 24.3 Å². The van der Waals surface area contributed by atoms with Crippen molar-refractivity contribution in [2.24, 2.45) is 5.73 Å². The molecule has 3 aromatic rings. The molecule has 3 rings (SSSR count). The van der Waals surface area contributed by atoms with Crippen LogP contribution in [-0.2, 0) is 0 Å². The number of nitrogens with zero attached hydrogens (tertiary/aromatic N) is 4. The number of aromatic nitrogens is 4. The first-order valence-corrected chi connectivity index (χ1v) is 6.71. The maximum Gasteiger partial charge on any atom is 0.243 e. The summed E-state index contributed by atoms with van der Waals surface area (Å²) in [4.78, 5) is 12.6. The van der Waals surface area contributed by atoms with Gasteiger partial charge in [0.25, 0.3) is 0 Å². The molecule has 6 heteroatoms. The van der Waals surface area contributed by atoms with Crippen molar-refractivity contribution in [1.82, 2.24) is 20.1 Å². The van der Waals surface area contributed by atoms with Crippen LogP contribution >= 0.6 is 0 Å². The molecule has 0 saturated carbocycles. The second kappa shape index (κ2) is 6.16. The Morgan fingerprint density at radius 1 is 1.14 bits per heavy atom. The fraction of sp³-hybridized carbons (Fsp3) is 0.125. The molecule has 22 heavy (non-hydrogen) atoms. The van der Waals surface area contributed by atoms with Crippen molar-refractivity contribution in [1.29, 1.82) is 0 Å². The third kappa shape index (κ3) is 3.16. The average Bonchev–Trinajstić information content (AvgIpc) is 3.05. The van der Waals surface area contributed by atoms with Gasteiger partial charge in [-0.05, 0) is 37.1 Å². The quantitative estimate of drug-likeness (QED) is 0.726. The fourth-order valence-corrected chi connectivity index (χ4v) is 1.70. The molecule has 0 aliphatic carbocycles. The summed E-state index contributed by atoms with van der Waals surface area (Å²) < 4.78 is 5.05. The van der Waals surface area contributed by atoms with Crippen LogP contribution in [0.2, 0.25) is 0 Å². The van der Waals surface area contributed by atoms with Gasteiger partial charge in [-0.25, -0.2) is 4.98 Å². The number of nitrogens with two attached hydrogens (primary N) is 1. The van der Waals surface area contributed by atoms with E-state index in [2.05, 4.69) is 31.9 Å². The van der Waals surface area contributed by atoms with Crippen LogP contribution in [0.1, 0.15) is 30.1 Å². The molecule has 0 radical (unpaired) electrons. The van der Waals surface area contributed by atoms with Gasteiger partial charge < -0.3 is 10.3 Å². The van der Waals surface area contributed by atoms with Crippen molar-refractivity contribution in [3.63, 3.8) is 0 Å². The lowest BCUT2D eigenvalue weighted by Crippen LogP contribution is -2.04. The Morgan fingerprint density at radius 3 is 2.68 bits per heavy atom. The Labute approximate surface area is 127 Å². The maximum absolute atomic E-state index is 5.68. The number of hydrogen-bond donors (Lipinski definition) is 1. The number of rotatable bonds is 2. The molecule has 3 aromatic heterocycles. The van der Waals surface area contributed by atoms with Crippen molar-refractivity contribution in [3.8, 4) is 23.4 Å². The molecule has 0 fully saturated rings. The summed E-state index contributed by atoms with van der Waals surface area (Å²) >= 11 is 0. The van der Waals surface area contributed by atoms with E-state index in [1.54, 1.807) is 25.4 Å². The first kappa shape index (κ1) is 13.9. The van der Waals surface area contributed by atoms with Crippen LogP contribution in [0.4, 0.5) is 0 Å². The Kier molecular flexibility index (Phi) is 3.90. The third-order valence-electron chi connectivity index (χ3n) is 2.82. The lowest BCUT2D eigenvalue weighted by atomic mass is 10.2. The Balaban J connectivity index is 1.79. The van der Waals surface area contributed by atoms with Crippen molar-refractivity contribution in [3.05, 3.63) is 59.9 Å². The zero-order chi connectivity index (χ0) is 15.4. The molecule has 1 atom stereocenters. The van der Waals surface area contributed by atoms with Gasteiger partial charge in [-0.15, -0.1) is 0 Å². The zero-order valence-electron chi connectivity index (χ0n) is 11.9. The summed E-state index contributed by atoms with van der Waals surface area (Å²) in [5.74, 6) is 6.77. The highest BCUT2D eigenvalue weighted by Crippen LogP contribution is 2.15. The van der Waals surface area contributed by atoms with E-state index < -0.39 is 0 Å². The number of hydrogen-bond acceptors (Lipinski definition) is 6. The van der Waals surface area contributed by atoms with Crippen molar-refractivity contribution < 1.29 is 4.52 Å². The molecular weight excluding hydrogens is 278 g/mol. The summed E-state index contributed by atoms with van der Waals surface area (Å²) in [5, 5.41) is 3.86. The van der Waals surface area contributed by atoms with Crippen LogP contribution in [0.25, 0.3) is 11.5 Å². The lowest BCUT2D eigenvalue weighted by Gasteiger charge is -1.95. The smallest absolute Gasteiger partial charge is 0.243 e. The minimum absolute atomic E-state index is 0.301. The van der Waals surface area contributed by atoms with Gasteiger partial charge >= 0.3 is 0 Å². The van der Waals surface area contributed by atoms with E-state index in [1.165, 1.54) is 0 Å². The molecule has 0 aliphatic heterocycles. The molecule has 6 nitrogen and oxygen atoms in total. The molecule has 108 valence electrons. The molecule has 0 amide bonds. The van der Waals surface area contributed by atoms with Crippen LogP contribution in [0.3, 0.4) is 0 Å². The highest BCUT2D eigenvalue weighted by Gasteiger charge is 2.12. The SMILES string of the molecule is CC(N)c1nc(-c2ccc(C#Cc3ccccn3)cn2)no1. The predicted molar refractivity (Wildman–Crippen MR) is 80.3 cm³/mol. The Morgan fingerprint density at radius 2 is 2.05 bits per heavy atom. The highest BCUT2D eigenvalue weighted by atomic mass is 16.5. The molecule has 0 spiro atoms. The van der Waals surface area contributed by atoms with Gasteiger partial charge in [-0.3, -0.25) is 4.98 Å². The average molecular weight is 291 g/mol. The van der Waals surface area contributed by atoms with Gasteiger partial charge in [0, 0.05) is 18.0 Å². The lowest BCUT2D eigenvalue weighted by molar-refractivity contribution is 0.362. The molecule has 0 aliphatic rings. The Hall–Kier alpha value is -3.04. The van der Waals surface area contributed by atoms with Crippen LogP contribution in [0.15, 0.2) is 47.2 Å². The Bertz CT molecular complexity index is 813. The second-order valence-corrected chi connectivity index (χ2v) is 4.64. The maximum atomic E-state index is 5.68. The molecular formula is C16H13N5O. The molecule has 0 saturated heterocycles. The molecule has 1 unspecified atom stereocenters. The van der Waals surface area contributed by atoms with Gasteiger partial charge in [-0.1, -0.05) is 17.1 Å². The second-order valence-electron chi connectivity index (χ2n) is 4.64. The van der Waals surface area contributed by atoms with E-state index in [-0.39, 0.29) is 6.04 Å². The van der Waals surface area contributed by atoms with E-state index in [0.29, 0.717) is 23.1 Å². The molecule has 0 bridgehead atoms. The first-order valence-electron chi connectivity index (χ1n) is 6.71. The first-order chi connectivity index (χ1) is 10.7. The molecule has 2 N–H and O–H groups in total. The van der Waals surface area contributed by atoms with E-state index in [9.17, 15) is 0 Å². The van der Waals surface area contributed by atoms with Gasteiger partial charge in [0.05, 0.1) is 6.04 Å². The molecule has 3 heterocycles. The van der Waals surface area contributed by atoms with Crippen LogP contribution in [0.5, 0.6) is 0 Å². The molecule has 0 aromatic carbocycles. The summed E-state index contributed by atoms with van der Waals surface area (Å²) in [7, 11) is 0. The summed E-state index contributed by atoms with van der Waals surface area (Å²) in [5.41, 5.74) is 7.79. The van der Waals surface area contributed by atoms with Crippen LogP contribution < -0.4 is 5.73 Å². The van der Waals surface area contributed by atoms with Gasteiger partial charge in [-0.2, -0.15) is 4.98 Å². The standard InChI is InChI=1S/C16H13N5O/c1-11(17)16-20-15(21-22-16)14-8-6-12(10-19-14)5-7-13-4-2-3-9-18-13/h2-4,6,8-11H,17H2,1H3. The fourth-order valence-electron chi connectivity index (χ4n) is 1.70. The van der Waals surface area contributed by atoms with Crippen LogP contribution in [-0.4, -0.2) is 20.1 Å². The summed E-state index contributed by atoms with van der Waals surface area (Å²) in [6, 6.07) is 8.93.